The first-order valence-electron chi connectivity index (χ1n) is 13.8. The maximum atomic E-state index is 12.3. The summed E-state index contributed by atoms with van der Waals surface area (Å²) in [5, 5.41) is 21.2. The first-order valence-corrected chi connectivity index (χ1v) is 13.8. The summed E-state index contributed by atoms with van der Waals surface area (Å²) in [5.41, 5.74) is 6.37. The highest BCUT2D eigenvalue weighted by Crippen LogP contribution is 2.34. The fourth-order valence-corrected chi connectivity index (χ4v) is 5.61. The lowest BCUT2D eigenvalue weighted by Gasteiger charge is -2.22. The normalized spacial score (nSPS) is 12.5. The molecule has 0 amide bonds. The quantitative estimate of drug-likeness (QED) is 0.182. The van der Waals surface area contributed by atoms with Crippen LogP contribution in [-0.2, 0) is 25.7 Å². The number of carbonyl (C=O) groups is 1. The SMILES string of the molecule is O=C(O)c1cc(CC(Cc2ccccc2)c2ccccc2)cc(CC(Cc2ccccc2)c2ccccc2)c1O. The summed E-state index contributed by atoms with van der Waals surface area (Å²) in [7, 11) is 0. The predicted molar refractivity (Wildman–Crippen MR) is 161 cm³/mol. The molecule has 2 unspecified atom stereocenters. The molecule has 2 N–H and O–H groups in total. The van der Waals surface area contributed by atoms with Gasteiger partial charge in [-0.05, 0) is 77.0 Å². The molecular weight excluding hydrogens is 492 g/mol. The second kappa shape index (κ2) is 12.9. The fourth-order valence-electron chi connectivity index (χ4n) is 5.61. The Morgan fingerprint density at radius 1 is 0.525 bits per heavy atom. The lowest BCUT2D eigenvalue weighted by atomic mass is 9.83. The molecule has 3 heteroatoms. The molecule has 5 rings (SSSR count). The van der Waals surface area contributed by atoms with E-state index in [1.165, 1.54) is 22.3 Å². The van der Waals surface area contributed by atoms with E-state index in [4.69, 9.17) is 0 Å². The standard InChI is InChI=1S/C37H34O3/c38-36-34(26-33(31-19-11-4-12-20-31)22-28-15-7-2-8-16-28)24-29(25-35(36)37(39)40)23-32(30-17-9-3-10-18-30)21-27-13-5-1-6-14-27/h1-20,24-25,32-33,38H,21-23,26H2,(H,39,40). The number of aromatic carboxylic acids is 1. The molecule has 0 spiro atoms. The van der Waals surface area contributed by atoms with Crippen molar-refractivity contribution in [1.29, 1.82) is 0 Å². The smallest absolute Gasteiger partial charge is 0.339 e. The monoisotopic (exact) mass is 526 g/mol. The van der Waals surface area contributed by atoms with Crippen molar-refractivity contribution in [3.63, 3.8) is 0 Å². The van der Waals surface area contributed by atoms with Crippen molar-refractivity contribution in [2.75, 3.05) is 0 Å². The maximum Gasteiger partial charge on any atom is 0.339 e. The zero-order valence-corrected chi connectivity index (χ0v) is 22.5. The largest absolute Gasteiger partial charge is 0.507 e. The molecule has 5 aromatic rings. The van der Waals surface area contributed by atoms with Crippen molar-refractivity contribution in [3.8, 4) is 5.75 Å². The molecule has 0 saturated carbocycles. The lowest BCUT2D eigenvalue weighted by Crippen LogP contribution is -2.11. The Hall–Kier alpha value is -4.63. The molecule has 0 aliphatic carbocycles. The average molecular weight is 527 g/mol. The van der Waals surface area contributed by atoms with Crippen LogP contribution in [0.5, 0.6) is 5.75 Å². The Kier molecular flexibility index (Phi) is 8.73. The minimum Gasteiger partial charge on any atom is -0.507 e. The first kappa shape index (κ1) is 27.0. The Morgan fingerprint density at radius 3 is 1.38 bits per heavy atom. The Bertz CT molecular complexity index is 1510. The average Bonchev–Trinajstić information content (AvgIpc) is 3.00. The molecular formula is C37H34O3. The van der Waals surface area contributed by atoms with Crippen LogP contribution in [0.2, 0.25) is 0 Å². The Labute approximate surface area is 236 Å². The van der Waals surface area contributed by atoms with Gasteiger partial charge in [0.2, 0.25) is 0 Å². The Morgan fingerprint density at radius 2 is 0.925 bits per heavy atom. The summed E-state index contributed by atoms with van der Waals surface area (Å²) < 4.78 is 0. The van der Waals surface area contributed by atoms with Gasteiger partial charge in [-0.1, -0.05) is 127 Å². The molecule has 2 atom stereocenters. The fraction of sp³-hybridized carbons (Fsp3) is 0.162. The molecule has 5 aromatic carbocycles. The van der Waals surface area contributed by atoms with Gasteiger partial charge in [-0.2, -0.15) is 0 Å². The van der Waals surface area contributed by atoms with Gasteiger partial charge in [0.25, 0.3) is 0 Å². The third-order valence-corrected chi connectivity index (χ3v) is 7.62. The van der Waals surface area contributed by atoms with E-state index in [1.54, 1.807) is 6.07 Å². The van der Waals surface area contributed by atoms with Gasteiger partial charge in [0.05, 0.1) is 0 Å². The zero-order valence-electron chi connectivity index (χ0n) is 22.5. The molecule has 0 fully saturated rings. The molecule has 200 valence electrons. The van der Waals surface area contributed by atoms with E-state index in [1.807, 2.05) is 66.7 Å². The van der Waals surface area contributed by atoms with Gasteiger partial charge in [0.15, 0.2) is 0 Å². The second-order valence-corrected chi connectivity index (χ2v) is 10.5. The van der Waals surface area contributed by atoms with Crippen molar-refractivity contribution < 1.29 is 15.0 Å². The van der Waals surface area contributed by atoms with Gasteiger partial charge in [0, 0.05) is 0 Å². The molecule has 0 bridgehead atoms. The third-order valence-electron chi connectivity index (χ3n) is 7.62. The molecule has 0 aliphatic heterocycles. The van der Waals surface area contributed by atoms with Gasteiger partial charge in [-0.25, -0.2) is 4.79 Å². The van der Waals surface area contributed by atoms with Gasteiger partial charge in [0.1, 0.15) is 11.3 Å². The summed E-state index contributed by atoms with van der Waals surface area (Å²) in [4.78, 5) is 12.3. The van der Waals surface area contributed by atoms with E-state index in [2.05, 4.69) is 60.7 Å². The highest BCUT2D eigenvalue weighted by molar-refractivity contribution is 5.91. The van der Waals surface area contributed by atoms with Crippen LogP contribution in [0.25, 0.3) is 0 Å². The first-order chi connectivity index (χ1) is 19.6. The number of rotatable bonds is 11. The van der Waals surface area contributed by atoms with Crippen molar-refractivity contribution in [2.24, 2.45) is 0 Å². The number of carboxylic acid groups (broad SMARTS) is 1. The molecule has 0 radical (unpaired) electrons. The second-order valence-electron chi connectivity index (χ2n) is 10.5. The van der Waals surface area contributed by atoms with E-state index in [0.717, 1.165) is 18.4 Å². The van der Waals surface area contributed by atoms with Crippen LogP contribution in [0.1, 0.15) is 55.6 Å². The summed E-state index contributed by atoms with van der Waals surface area (Å²) in [5.74, 6) is -0.999. The van der Waals surface area contributed by atoms with Crippen molar-refractivity contribution in [2.45, 2.75) is 37.5 Å². The molecule has 40 heavy (non-hydrogen) atoms. The van der Waals surface area contributed by atoms with Crippen LogP contribution in [0, 0.1) is 0 Å². The van der Waals surface area contributed by atoms with Crippen molar-refractivity contribution >= 4 is 5.97 Å². The molecule has 0 aliphatic rings. The minimum atomic E-state index is -1.11. The van der Waals surface area contributed by atoms with Crippen molar-refractivity contribution in [1.82, 2.24) is 0 Å². The summed E-state index contributed by atoms with van der Waals surface area (Å²) in [6.45, 7) is 0. The van der Waals surface area contributed by atoms with Gasteiger partial charge >= 0.3 is 5.97 Å². The lowest BCUT2D eigenvalue weighted by molar-refractivity contribution is 0.0693. The predicted octanol–water partition coefficient (Wildman–Crippen LogP) is 8.23. The van der Waals surface area contributed by atoms with Crippen LogP contribution >= 0.6 is 0 Å². The van der Waals surface area contributed by atoms with Crippen molar-refractivity contribution in [3.05, 3.63) is 172 Å². The Balaban J connectivity index is 1.51. The minimum absolute atomic E-state index is 0.0365. The number of benzene rings is 5. The zero-order chi connectivity index (χ0) is 27.7. The molecule has 0 heterocycles. The third kappa shape index (κ3) is 6.86. The number of hydrogen-bond acceptors (Lipinski definition) is 2. The maximum absolute atomic E-state index is 12.3. The van der Waals surface area contributed by atoms with Crippen LogP contribution < -0.4 is 0 Å². The molecule has 3 nitrogen and oxygen atoms in total. The van der Waals surface area contributed by atoms with Crippen LogP contribution in [0.15, 0.2) is 133 Å². The van der Waals surface area contributed by atoms with Gasteiger partial charge in [-0.15, -0.1) is 0 Å². The summed E-state index contributed by atoms with van der Waals surface area (Å²) in [6.07, 6.45) is 2.83. The molecule has 0 aromatic heterocycles. The number of phenols is 1. The number of carboxylic acids is 1. The van der Waals surface area contributed by atoms with Crippen LogP contribution in [0.3, 0.4) is 0 Å². The number of hydrogen-bond donors (Lipinski definition) is 2. The van der Waals surface area contributed by atoms with Gasteiger partial charge in [-0.3, -0.25) is 0 Å². The van der Waals surface area contributed by atoms with Gasteiger partial charge < -0.3 is 10.2 Å². The topological polar surface area (TPSA) is 57.5 Å². The van der Waals surface area contributed by atoms with E-state index in [0.29, 0.717) is 18.4 Å². The highest BCUT2D eigenvalue weighted by atomic mass is 16.4. The molecule has 0 saturated heterocycles. The summed E-state index contributed by atoms with van der Waals surface area (Å²) in [6, 6.07) is 45.0. The van der Waals surface area contributed by atoms with E-state index < -0.39 is 5.97 Å². The van der Waals surface area contributed by atoms with E-state index in [9.17, 15) is 15.0 Å². The van der Waals surface area contributed by atoms with E-state index in [-0.39, 0.29) is 23.1 Å². The van der Waals surface area contributed by atoms with Crippen LogP contribution in [0.4, 0.5) is 0 Å². The van der Waals surface area contributed by atoms with E-state index >= 15 is 0 Å². The highest BCUT2D eigenvalue weighted by Gasteiger charge is 2.22. The summed E-state index contributed by atoms with van der Waals surface area (Å²) >= 11 is 0. The van der Waals surface area contributed by atoms with Crippen LogP contribution in [-0.4, -0.2) is 16.2 Å². The number of aromatic hydroxyl groups is 1.